The summed E-state index contributed by atoms with van der Waals surface area (Å²) in [4.78, 5) is 15.2. The number of aromatic nitrogens is 1. The van der Waals surface area contributed by atoms with E-state index in [2.05, 4.69) is 20.9 Å². The second kappa shape index (κ2) is 3.38. The standard InChI is InChI=1S/C10H7BrN2O/c11-8-4-3-7(10(12)14)9-6(8)2-1-5-13-9/h1-5H,(H2,12,14). The lowest BCUT2D eigenvalue weighted by Crippen LogP contribution is -2.11. The average molecular weight is 251 g/mol. The highest BCUT2D eigenvalue weighted by Gasteiger charge is 2.08. The van der Waals surface area contributed by atoms with Crippen LogP contribution in [0.4, 0.5) is 0 Å². The molecular formula is C10H7BrN2O. The maximum absolute atomic E-state index is 11.1. The first-order valence-electron chi connectivity index (χ1n) is 4.03. The zero-order chi connectivity index (χ0) is 10.1. The van der Waals surface area contributed by atoms with Gasteiger partial charge >= 0.3 is 0 Å². The molecule has 0 aliphatic heterocycles. The number of carbonyl (C=O) groups is 1. The largest absolute Gasteiger partial charge is 0.366 e. The molecule has 1 heterocycles. The van der Waals surface area contributed by atoms with Gasteiger partial charge in [-0.05, 0) is 18.2 Å². The molecule has 14 heavy (non-hydrogen) atoms. The van der Waals surface area contributed by atoms with Crippen LogP contribution in [-0.4, -0.2) is 10.9 Å². The van der Waals surface area contributed by atoms with Gasteiger partial charge in [0.05, 0.1) is 11.1 Å². The molecule has 0 saturated heterocycles. The number of fused-ring (bicyclic) bond motifs is 1. The van der Waals surface area contributed by atoms with Crippen LogP contribution in [0.2, 0.25) is 0 Å². The summed E-state index contributed by atoms with van der Waals surface area (Å²) in [6.07, 6.45) is 1.64. The Bertz CT molecular complexity index is 510. The number of hydrogen-bond acceptors (Lipinski definition) is 2. The van der Waals surface area contributed by atoms with Crippen molar-refractivity contribution in [1.29, 1.82) is 0 Å². The molecule has 1 aromatic heterocycles. The minimum Gasteiger partial charge on any atom is -0.366 e. The third-order valence-electron chi connectivity index (χ3n) is 1.98. The Morgan fingerprint density at radius 2 is 2.14 bits per heavy atom. The van der Waals surface area contributed by atoms with Crippen molar-refractivity contribution in [3.8, 4) is 0 Å². The van der Waals surface area contributed by atoms with Crippen molar-refractivity contribution in [1.82, 2.24) is 4.98 Å². The first kappa shape index (κ1) is 9.15. The summed E-state index contributed by atoms with van der Waals surface area (Å²) in [5, 5.41) is 0.892. The Morgan fingerprint density at radius 3 is 2.86 bits per heavy atom. The van der Waals surface area contributed by atoms with Crippen LogP contribution in [0, 0.1) is 0 Å². The Labute approximate surface area is 89.1 Å². The average Bonchev–Trinajstić information content (AvgIpc) is 2.18. The van der Waals surface area contributed by atoms with Gasteiger partial charge in [0, 0.05) is 16.1 Å². The smallest absolute Gasteiger partial charge is 0.250 e. The van der Waals surface area contributed by atoms with E-state index in [0.717, 1.165) is 9.86 Å². The number of carbonyl (C=O) groups excluding carboxylic acids is 1. The van der Waals surface area contributed by atoms with Gasteiger partial charge in [-0.3, -0.25) is 9.78 Å². The first-order chi connectivity index (χ1) is 6.70. The van der Waals surface area contributed by atoms with E-state index in [0.29, 0.717) is 11.1 Å². The summed E-state index contributed by atoms with van der Waals surface area (Å²) in [5.41, 5.74) is 6.32. The molecule has 0 atom stereocenters. The number of benzene rings is 1. The highest BCUT2D eigenvalue weighted by atomic mass is 79.9. The fourth-order valence-corrected chi connectivity index (χ4v) is 1.79. The minimum atomic E-state index is -0.457. The molecule has 0 spiro atoms. The number of primary amides is 1. The van der Waals surface area contributed by atoms with Crippen LogP contribution in [0.3, 0.4) is 0 Å². The van der Waals surface area contributed by atoms with E-state index in [4.69, 9.17) is 5.73 Å². The Hall–Kier alpha value is -1.42. The SMILES string of the molecule is NC(=O)c1ccc(Br)c2cccnc12. The van der Waals surface area contributed by atoms with Crippen LogP contribution < -0.4 is 5.73 Å². The fraction of sp³-hybridized carbons (Fsp3) is 0. The van der Waals surface area contributed by atoms with Gasteiger partial charge < -0.3 is 5.73 Å². The van der Waals surface area contributed by atoms with Crippen molar-refractivity contribution in [2.24, 2.45) is 5.73 Å². The van der Waals surface area contributed by atoms with Gasteiger partial charge in [0.1, 0.15) is 0 Å². The topological polar surface area (TPSA) is 56.0 Å². The molecule has 0 fully saturated rings. The van der Waals surface area contributed by atoms with Crippen molar-refractivity contribution in [2.45, 2.75) is 0 Å². The third-order valence-corrected chi connectivity index (χ3v) is 2.67. The summed E-state index contributed by atoms with van der Waals surface area (Å²) in [7, 11) is 0. The van der Waals surface area contributed by atoms with Crippen LogP contribution in [0.25, 0.3) is 10.9 Å². The maximum atomic E-state index is 11.1. The molecular weight excluding hydrogens is 244 g/mol. The van der Waals surface area contributed by atoms with E-state index in [1.165, 1.54) is 0 Å². The maximum Gasteiger partial charge on any atom is 0.250 e. The lowest BCUT2D eigenvalue weighted by atomic mass is 10.1. The monoisotopic (exact) mass is 250 g/mol. The normalized spacial score (nSPS) is 10.4. The van der Waals surface area contributed by atoms with Gasteiger partial charge in [0.15, 0.2) is 0 Å². The summed E-state index contributed by atoms with van der Waals surface area (Å²) < 4.78 is 0.908. The first-order valence-corrected chi connectivity index (χ1v) is 4.82. The Morgan fingerprint density at radius 1 is 1.36 bits per heavy atom. The van der Waals surface area contributed by atoms with Gasteiger partial charge in [-0.15, -0.1) is 0 Å². The number of hydrogen-bond donors (Lipinski definition) is 1. The van der Waals surface area contributed by atoms with Crippen molar-refractivity contribution in [3.05, 3.63) is 40.5 Å². The Balaban J connectivity index is 2.88. The molecule has 0 aliphatic carbocycles. The van der Waals surface area contributed by atoms with Gasteiger partial charge in [-0.2, -0.15) is 0 Å². The van der Waals surface area contributed by atoms with Crippen LogP contribution in [0.15, 0.2) is 34.9 Å². The number of rotatable bonds is 1. The quantitative estimate of drug-likeness (QED) is 0.843. The summed E-state index contributed by atoms with van der Waals surface area (Å²) >= 11 is 3.39. The summed E-state index contributed by atoms with van der Waals surface area (Å²) in [5.74, 6) is -0.457. The zero-order valence-electron chi connectivity index (χ0n) is 7.20. The molecule has 2 N–H and O–H groups in total. The molecule has 0 bridgehead atoms. The summed E-state index contributed by atoms with van der Waals surface area (Å²) in [6, 6.07) is 7.17. The molecule has 3 nitrogen and oxygen atoms in total. The van der Waals surface area contributed by atoms with Gasteiger partial charge in [-0.1, -0.05) is 22.0 Å². The van der Waals surface area contributed by atoms with Gasteiger partial charge in [0.2, 0.25) is 0 Å². The molecule has 0 saturated carbocycles. The van der Waals surface area contributed by atoms with Gasteiger partial charge in [-0.25, -0.2) is 0 Å². The van der Waals surface area contributed by atoms with E-state index in [1.807, 2.05) is 12.1 Å². The van der Waals surface area contributed by atoms with E-state index in [1.54, 1.807) is 18.3 Å². The third kappa shape index (κ3) is 1.37. The highest BCUT2D eigenvalue weighted by molar-refractivity contribution is 9.10. The van der Waals surface area contributed by atoms with E-state index >= 15 is 0 Å². The molecule has 1 aromatic carbocycles. The molecule has 2 aromatic rings. The van der Waals surface area contributed by atoms with Crippen molar-refractivity contribution >= 4 is 32.7 Å². The van der Waals surface area contributed by atoms with Crippen LogP contribution in [0.1, 0.15) is 10.4 Å². The second-order valence-electron chi connectivity index (χ2n) is 2.86. The lowest BCUT2D eigenvalue weighted by Gasteiger charge is -2.03. The molecule has 2 rings (SSSR count). The van der Waals surface area contributed by atoms with Crippen LogP contribution in [-0.2, 0) is 0 Å². The van der Waals surface area contributed by atoms with E-state index in [-0.39, 0.29) is 0 Å². The van der Waals surface area contributed by atoms with Crippen molar-refractivity contribution < 1.29 is 4.79 Å². The molecule has 1 amide bonds. The second-order valence-corrected chi connectivity index (χ2v) is 3.71. The molecule has 70 valence electrons. The van der Waals surface area contributed by atoms with Crippen molar-refractivity contribution in [3.63, 3.8) is 0 Å². The van der Waals surface area contributed by atoms with E-state index in [9.17, 15) is 4.79 Å². The fourth-order valence-electron chi connectivity index (χ4n) is 1.34. The Kier molecular flexibility index (Phi) is 2.21. The number of amides is 1. The molecule has 0 radical (unpaired) electrons. The molecule has 0 aliphatic rings. The van der Waals surface area contributed by atoms with Crippen molar-refractivity contribution in [2.75, 3.05) is 0 Å². The number of halogens is 1. The molecule has 0 unspecified atom stereocenters. The van der Waals surface area contributed by atoms with Gasteiger partial charge in [0.25, 0.3) is 5.91 Å². The van der Waals surface area contributed by atoms with E-state index < -0.39 is 5.91 Å². The number of pyridine rings is 1. The highest BCUT2D eigenvalue weighted by Crippen LogP contribution is 2.24. The van der Waals surface area contributed by atoms with Crippen LogP contribution >= 0.6 is 15.9 Å². The predicted molar refractivity (Wildman–Crippen MR) is 58.0 cm³/mol. The minimum absolute atomic E-state index is 0.448. The molecule has 4 heteroatoms. The zero-order valence-corrected chi connectivity index (χ0v) is 8.78. The number of nitrogens with two attached hydrogens (primary N) is 1. The predicted octanol–water partition coefficient (Wildman–Crippen LogP) is 2.10. The summed E-state index contributed by atoms with van der Waals surface area (Å²) in [6.45, 7) is 0. The lowest BCUT2D eigenvalue weighted by molar-refractivity contribution is 0.100. The van der Waals surface area contributed by atoms with Crippen LogP contribution in [0.5, 0.6) is 0 Å². The number of nitrogens with zero attached hydrogens (tertiary/aromatic N) is 1.